The molecule has 0 unspecified atom stereocenters. The van der Waals surface area contributed by atoms with Crippen LogP contribution in [0.5, 0.6) is 0 Å². The van der Waals surface area contributed by atoms with Crippen molar-refractivity contribution in [3.05, 3.63) is 140 Å². The average molecular weight is 574 g/mol. The van der Waals surface area contributed by atoms with Crippen molar-refractivity contribution >= 4 is 43.6 Å². The maximum absolute atomic E-state index is 6.60. The molecule has 6 aromatic carbocycles. The van der Waals surface area contributed by atoms with Crippen molar-refractivity contribution in [1.82, 2.24) is 15.0 Å². The molecule has 0 saturated heterocycles. The molecule has 3 aromatic heterocycles. The summed E-state index contributed by atoms with van der Waals surface area (Å²) >= 11 is 0. The van der Waals surface area contributed by atoms with Gasteiger partial charge in [-0.25, -0.2) is 9.97 Å². The lowest BCUT2D eigenvalue weighted by Crippen LogP contribution is -1.95. The molecule has 0 amide bonds. The first-order valence-corrected chi connectivity index (χ1v) is 15.1. The summed E-state index contributed by atoms with van der Waals surface area (Å²) in [7, 11) is 0. The molecule has 0 spiro atoms. The van der Waals surface area contributed by atoms with Crippen LogP contribution in [0.2, 0.25) is 0 Å². The van der Waals surface area contributed by atoms with Gasteiger partial charge in [0.05, 0.1) is 11.2 Å². The van der Waals surface area contributed by atoms with Gasteiger partial charge in [0.15, 0.2) is 5.82 Å². The molecule has 0 fully saturated rings. The van der Waals surface area contributed by atoms with Crippen LogP contribution in [0.1, 0.15) is 0 Å². The van der Waals surface area contributed by atoms with E-state index in [1.165, 1.54) is 38.6 Å². The summed E-state index contributed by atoms with van der Waals surface area (Å²) in [6.07, 6.45) is 3.87. The van der Waals surface area contributed by atoms with Gasteiger partial charge in [0.25, 0.3) is 0 Å². The molecule has 0 radical (unpaired) electrons. The molecule has 1 aliphatic carbocycles. The van der Waals surface area contributed by atoms with E-state index in [2.05, 4.69) is 102 Å². The lowest BCUT2D eigenvalue weighted by atomic mass is 9.91. The van der Waals surface area contributed by atoms with Gasteiger partial charge in [-0.2, -0.15) is 0 Å². The minimum atomic E-state index is 0.693. The van der Waals surface area contributed by atoms with Crippen molar-refractivity contribution in [2.75, 3.05) is 0 Å². The molecular formula is C41H23N3O. The standard InChI is InChI=1S/C41H23N3O/c1-2-9-24(10-3-1)40-30-13-6-7-16-35(30)43-41(44-40)25-17-18-36-33(21-25)39-31-15-8-14-29-28-19-20-42-23-34(28)27-12-5-4-11-26(27)32(38(29)31)22-37(39)45-36/h1-23H. The Hall–Kier alpha value is -6.13. The highest BCUT2D eigenvalue weighted by atomic mass is 16.3. The van der Waals surface area contributed by atoms with Crippen molar-refractivity contribution in [1.29, 1.82) is 0 Å². The smallest absolute Gasteiger partial charge is 0.160 e. The summed E-state index contributed by atoms with van der Waals surface area (Å²) in [6.45, 7) is 0. The average Bonchev–Trinajstić information content (AvgIpc) is 3.43. The third kappa shape index (κ3) is 3.51. The van der Waals surface area contributed by atoms with Crippen molar-refractivity contribution < 1.29 is 4.42 Å². The first kappa shape index (κ1) is 24.3. The van der Waals surface area contributed by atoms with Crippen molar-refractivity contribution in [3.63, 3.8) is 0 Å². The van der Waals surface area contributed by atoms with Crippen molar-refractivity contribution in [3.8, 4) is 56.0 Å². The molecule has 0 aliphatic heterocycles. The van der Waals surface area contributed by atoms with E-state index in [1.807, 2.05) is 42.7 Å². The first-order valence-electron chi connectivity index (χ1n) is 15.1. The van der Waals surface area contributed by atoms with E-state index in [9.17, 15) is 0 Å². The summed E-state index contributed by atoms with van der Waals surface area (Å²) < 4.78 is 6.60. The van der Waals surface area contributed by atoms with Crippen LogP contribution in [0.15, 0.2) is 144 Å². The number of pyridine rings is 1. The van der Waals surface area contributed by atoms with Crippen molar-refractivity contribution in [2.24, 2.45) is 0 Å². The summed E-state index contributed by atoms with van der Waals surface area (Å²) in [5.74, 6) is 0.693. The molecule has 208 valence electrons. The lowest BCUT2D eigenvalue weighted by Gasteiger charge is -2.11. The number of rotatable bonds is 2. The van der Waals surface area contributed by atoms with Crippen LogP contribution >= 0.6 is 0 Å². The molecule has 9 aromatic rings. The predicted octanol–water partition coefficient (Wildman–Crippen LogP) is 10.7. The zero-order valence-electron chi connectivity index (χ0n) is 24.0. The van der Waals surface area contributed by atoms with Gasteiger partial charge in [0.2, 0.25) is 0 Å². The molecule has 0 saturated carbocycles. The van der Waals surface area contributed by atoms with Gasteiger partial charge >= 0.3 is 0 Å². The zero-order valence-corrected chi connectivity index (χ0v) is 24.0. The summed E-state index contributed by atoms with van der Waals surface area (Å²) in [6, 6.07) is 44.4. The summed E-state index contributed by atoms with van der Waals surface area (Å²) in [5.41, 5.74) is 12.6. The number of hydrogen-bond donors (Lipinski definition) is 0. The third-order valence-corrected chi connectivity index (χ3v) is 9.12. The van der Waals surface area contributed by atoms with Crippen LogP contribution in [0.25, 0.3) is 99.6 Å². The van der Waals surface area contributed by atoms with Crippen LogP contribution in [-0.2, 0) is 0 Å². The van der Waals surface area contributed by atoms with Gasteiger partial charge in [-0.3, -0.25) is 4.98 Å². The Labute approximate surface area is 258 Å². The molecule has 1 aliphatic rings. The number of fused-ring (bicyclic) bond motifs is 10. The van der Waals surface area contributed by atoms with E-state index in [0.29, 0.717) is 5.82 Å². The Kier molecular flexibility index (Phi) is 4.96. The number of aromatic nitrogens is 3. The summed E-state index contributed by atoms with van der Waals surface area (Å²) in [4.78, 5) is 14.7. The van der Waals surface area contributed by atoms with Gasteiger partial charge in [-0.1, -0.05) is 91.0 Å². The number of nitrogens with zero attached hydrogens (tertiary/aromatic N) is 3. The SMILES string of the molecule is c1ccc(-c2nc(-c3ccc4oc5cc6c7c(cccc7c5c4c3)-c3ccncc3-c3ccccc3-6)nc3ccccc23)cc1. The van der Waals surface area contributed by atoms with Gasteiger partial charge in [0, 0.05) is 45.2 Å². The minimum Gasteiger partial charge on any atom is -0.456 e. The molecule has 0 atom stereocenters. The molecule has 0 N–H and O–H groups in total. The predicted molar refractivity (Wildman–Crippen MR) is 183 cm³/mol. The Morgan fingerprint density at radius 1 is 0.444 bits per heavy atom. The van der Waals surface area contributed by atoms with Gasteiger partial charge in [-0.05, 0) is 75.0 Å². The second-order valence-electron chi connectivity index (χ2n) is 11.6. The molecule has 3 heterocycles. The van der Waals surface area contributed by atoms with Gasteiger partial charge in [0.1, 0.15) is 11.2 Å². The van der Waals surface area contributed by atoms with Gasteiger partial charge < -0.3 is 4.42 Å². The lowest BCUT2D eigenvalue weighted by molar-refractivity contribution is 0.669. The zero-order chi connectivity index (χ0) is 29.5. The fourth-order valence-corrected chi connectivity index (χ4v) is 7.14. The monoisotopic (exact) mass is 573 g/mol. The van der Waals surface area contributed by atoms with Crippen molar-refractivity contribution in [2.45, 2.75) is 0 Å². The third-order valence-electron chi connectivity index (χ3n) is 9.12. The number of furan rings is 1. The highest BCUT2D eigenvalue weighted by Gasteiger charge is 2.24. The highest BCUT2D eigenvalue weighted by molar-refractivity contribution is 6.26. The largest absolute Gasteiger partial charge is 0.456 e. The van der Waals surface area contributed by atoms with E-state index in [0.717, 1.165) is 55.2 Å². The second kappa shape index (κ2) is 9.18. The summed E-state index contributed by atoms with van der Waals surface area (Å²) in [5, 5.41) is 5.58. The molecule has 4 heteroatoms. The van der Waals surface area contributed by atoms with Crippen LogP contribution in [0, 0.1) is 0 Å². The quantitative estimate of drug-likeness (QED) is 0.206. The fraction of sp³-hybridized carbons (Fsp3) is 0. The molecule has 45 heavy (non-hydrogen) atoms. The normalized spacial score (nSPS) is 12.0. The Balaban J connectivity index is 1.27. The van der Waals surface area contributed by atoms with E-state index in [4.69, 9.17) is 14.4 Å². The van der Waals surface area contributed by atoms with Crippen LogP contribution in [-0.4, -0.2) is 15.0 Å². The fourth-order valence-electron chi connectivity index (χ4n) is 7.14. The van der Waals surface area contributed by atoms with Gasteiger partial charge in [-0.15, -0.1) is 0 Å². The molecule has 4 nitrogen and oxygen atoms in total. The van der Waals surface area contributed by atoms with Crippen LogP contribution < -0.4 is 0 Å². The minimum absolute atomic E-state index is 0.693. The van der Waals surface area contributed by atoms with E-state index in [-0.39, 0.29) is 0 Å². The van der Waals surface area contributed by atoms with Crippen LogP contribution in [0.4, 0.5) is 0 Å². The Morgan fingerprint density at radius 2 is 1.20 bits per heavy atom. The topological polar surface area (TPSA) is 51.8 Å². The molecule has 0 bridgehead atoms. The number of hydrogen-bond acceptors (Lipinski definition) is 4. The van der Waals surface area contributed by atoms with Crippen LogP contribution in [0.3, 0.4) is 0 Å². The molecule has 10 rings (SSSR count). The van der Waals surface area contributed by atoms with E-state index < -0.39 is 0 Å². The highest BCUT2D eigenvalue weighted by Crippen LogP contribution is 2.50. The van der Waals surface area contributed by atoms with E-state index >= 15 is 0 Å². The van der Waals surface area contributed by atoms with E-state index in [1.54, 1.807) is 0 Å². The molecular weight excluding hydrogens is 550 g/mol. The number of para-hydroxylation sites is 1. The second-order valence-corrected chi connectivity index (χ2v) is 11.6. The Morgan fingerprint density at radius 3 is 2.11 bits per heavy atom. The number of benzene rings is 6. The maximum Gasteiger partial charge on any atom is 0.160 e. The maximum atomic E-state index is 6.60. The Bertz CT molecular complexity index is 2650. The first-order chi connectivity index (χ1) is 22.3.